The molecular weight excluding hydrogens is 254 g/mol. The minimum atomic E-state index is -0.415. The summed E-state index contributed by atoms with van der Waals surface area (Å²) in [5.74, 6) is 0. The summed E-state index contributed by atoms with van der Waals surface area (Å²) < 4.78 is 5.43. The van der Waals surface area contributed by atoms with Gasteiger partial charge in [-0.05, 0) is 46.5 Å². The molecule has 1 heterocycles. The van der Waals surface area contributed by atoms with Crippen molar-refractivity contribution in [3.63, 3.8) is 0 Å². The topological polar surface area (TPSA) is 53.6 Å². The van der Waals surface area contributed by atoms with Gasteiger partial charge in [0, 0.05) is 38.3 Å². The average molecular weight is 283 g/mol. The monoisotopic (exact) mass is 283 g/mol. The van der Waals surface area contributed by atoms with E-state index in [1.165, 1.54) is 0 Å². The molecule has 0 atom stereocenters. The smallest absolute Gasteiger partial charge is 0.410 e. The first kappa shape index (κ1) is 15.6. The van der Waals surface area contributed by atoms with Crippen LogP contribution in [0.25, 0.3) is 0 Å². The Hall–Kier alpha value is -0.810. The van der Waals surface area contributed by atoms with Crippen molar-refractivity contribution >= 4 is 6.09 Å². The van der Waals surface area contributed by atoms with E-state index in [1.54, 1.807) is 4.90 Å². The van der Waals surface area contributed by atoms with Crippen molar-refractivity contribution in [1.29, 1.82) is 0 Å². The summed E-state index contributed by atoms with van der Waals surface area (Å²) in [6.07, 6.45) is 4.22. The van der Waals surface area contributed by atoms with Crippen molar-refractivity contribution in [2.45, 2.75) is 70.2 Å². The molecule has 0 bridgehead atoms. The van der Waals surface area contributed by atoms with Gasteiger partial charge in [0.05, 0.1) is 0 Å². The third-order valence-corrected chi connectivity index (χ3v) is 4.18. The van der Waals surface area contributed by atoms with Crippen LogP contribution in [-0.2, 0) is 4.74 Å². The molecule has 1 saturated heterocycles. The molecule has 0 aromatic heterocycles. The normalized spacial score (nSPS) is 27.8. The van der Waals surface area contributed by atoms with Crippen LogP contribution in [0.1, 0.15) is 46.5 Å². The van der Waals surface area contributed by atoms with E-state index < -0.39 is 5.60 Å². The van der Waals surface area contributed by atoms with Crippen LogP contribution in [0.2, 0.25) is 0 Å². The summed E-state index contributed by atoms with van der Waals surface area (Å²) in [7, 11) is 1.86. The highest BCUT2D eigenvalue weighted by Gasteiger charge is 2.30. The molecule has 2 aliphatic rings. The maximum Gasteiger partial charge on any atom is 0.410 e. The standard InChI is InChI=1S/C15H29N3O2/c1-15(2,3)20-14(19)18(4)13-7-5-11(6-8-13)17-12-9-16-10-12/h11-13,16-17H,5-10H2,1-4H3. The van der Waals surface area contributed by atoms with Crippen LogP contribution in [0.15, 0.2) is 0 Å². The lowest BCUT2D eigenvalue weighted by molar-refractivity contribution is 0.0177. The van der Waals surface area contributed by atoms with E-state index in [4.69, 9.17) is 4.74 Å². The first-order valence-electron chi connectivity index (χ1n) is 7.78. The van der Waals surface area contributed by atoms with Gasteiger partial charge in [0.25, 0.3) is 0 Å². The Balaban J connectivity index is 1.73. The van der Waals surface area contributed by atoms with E-state index in [9.17, 15) is 4.79 Å². The van der Waals surface area contributed by atoms with Crippen LogP contribution in [0.4, 0.5) is 4.79 Å². The van der Waals surface area contributed by atoms with Crippen LogP contribution in [0, 0.1) is 0 Å². The fourth-order valence-electron chi connectivity index (χ4n) is 2.85. The van der Waals surface area contributed by atoms with Gasteiger partial charge in [-0.3, -0.25) is 0 Å². The molecular formula is C15H29N3O2. The molecule has 116 valence electrons. The Kier molecular flexibility index (Phi) is 4.91. The number of carbonyl (C=O) groups is 1. The summed E-state index contributed by atoms with van der Waals surface area (Å²) in [5, 5.41) is 6.97. The van der Waals surface area contributed by atoms with Gasteiger partial charge >= 0.3 is 6.09 Å². The van der Waals surface area contributed by atoms with Crippen LogP contribution < -0.4 is 10.6 Å². The molecule has 2 N–H and O–H groups in total. The molecule has 0 aromatic carbocycles. The zero-order valence-corrected chi connectivity index (χ0v) is 13.2. The Morgan fingerprint density at radius 1 is 1.15 bits per heavy atom. The van der Waals surface area contributed by atoms with Crippen LogP contribution in [0.5, 0.6) is 0 Å². The lowest BCUT2D eigenvalue weighted by Gasteiger charge is -2.38. The van der Waals surface area contributed by atoms with Gasteiger partial charge in [-0.2, -0.15) is 0 Å². The lowest BCUT2D eigenvalue weighted by atomic mass is 9.89. The zero-order valence-electron chi connectivity index (χ0n) is 13.2. The first-order chi connectivity index (χ1) is 9.35. The maximum atomic E-state index is 12.1. The average Bonchev–Trinajstić information content (AvgIpc) is 2.31. The van der Waals surface area contributed by atoms with Crippen LogP contribution in [0.3, 0.4) is 0 Å². The number of hydrogen-bond acceptors (Lipinski definition) is 4. The van der Waals surface area contributed by atoms with Crippen molar-refractivity contribution in [2.75, 3.05) is 20.1 Å². The van der Waals surface area contributed by atoms with E-state index >= 15 is 0 Å². The van der Waals surface area contributed by atoms with Crippen molar-refractivity contribution in [2.24, 2.45) is 0 Å². The summed E-state index contributed by atoms with van der Waals surface area (Å²) in [6, 6.07) is 1.59. The quantitative estimate of drug-likeness (QED) is 0.828. The van der Waals surface area contributed by atoms with Gasteiger partial charge in [0.2, 0.25) is 0 Å². The minimum absolute atomic E-state index is 0.197. The molecule has 1 aliphatic carbocycles. The molecule has 2 rings (SSSR count). The zero-order chi connectivity index (χ0) is 14.8. The van der Waals surface area contributed by atoms with E-state index in [2.05, 4.69) is 10.6 Å². The third-order valence-electron chi connectivity index (χ3n) is 4.18. The Labute approximate surface area is 122 Å². The van der Waals surface area contributed by atoms with Gasteiger partial charge in [-0.15, -0.1) is 0 Å². The molecule has 5 heteroatoms. The van der Waals surface area contributed by atoms with Crippen LogP contribution in [-0.4, -0.2) is 54.9 Å². The van der Waals surface area contributed by atoms with Crippen molar-refractivity contribution in [3.05, 3.63) is 0 Å². The molecule has 20 heavy (non-hydrogen) atoms. The SMILES string of the molecule is CN(C(=O)OC(C)(C)C)C1CCC(NC2CNC2)CC1. The number of ether oxygens (including phenoxy) is 1. The largest absolute Gasteiger partial charge is 0.444 e. The Bertz CT molecular complexity index is 329. The third kappa shape index (κ3) is 4.35. The molecule has 5 nitrogen and oxygen atoms in total. The molecule has 0 spiro atoms. The number of rotatable bonds is 3. The van der Waals surface area contributed by atoms with Gasteiger partial charge < -0.3 is 20.3 Å². The maximum absolute atomic E-state index is 12.1. The molecule has 1 saturated carbocycles. The lowest BCUT2D eigenvalue weighted by Crippen LogP contribution is -2.58. The molecule has 0 radical (unpaired) electrons. The molecule has 0 unspecified atom stereocenters. The van der Waals surface area contributed by atoms with Crippen LogP contribution >= 0.6 is 0 Å². The fourth-order valence-corrected chi connectivity index (χ4v) is 2.85. The van der Waals surface area contributed by atoms with E-state index in [0.717, 1.165) is 38.8 Å². The highest BCUT2D eigenvalue weighted by atomic mass is 16.6. The van der Waals surface area contributed by atoms with E-state index in [-0.39, 0.29) is 6.09 Å². The number of hydrogen-bond donors (Lipinski definition) is 2. The van der Waals surface area contributed by atoms with Crippen molar-refractivity contribution in [1.82, 2.24) is 15.5 Å². The number of nitrogens with zero attached hydrogens (tertiary/aromatic N) is 1. The van der Waals surface area contributed by atoms with Crippen molar-refractivity contribution < 1.29 is 9.53 Å². The summed E-state index contributed by atoms with van der Waals surface area (Å²) in [4.78, 5) is 13.8. The van der Waals surface area contributed by atoms with Gasteiger partial charge in [0.1, 0.15) is 5.60 Å². The molecule has 0 aromatic rings. The summed E-state index contributed by atoms with van der Waals surface area (Å²) >= 11 is 0. The molecule has 1 amide bonds. The Morgan fingerprint density at radius 2 is 1.75 bits per heavy atom. The highest BCUT2D eigenvalue weighted by Crippen LogP contribution is 2.24. The summed E-state index contributed by atoms with van der Waals surface area (Å²) in [5.41, 5.74) is -0.415. The number of amides is 1. The highest BCUT2D eigenvalue weighted by molar-refractivity contribution is 5.68. The Morgan fingerprint density at radius 3 is 2.20 bits per heavy atom. The molecule has 2 fully saturated rings. The molecule has 1 aliphatic heterocycles. The van der Waals surface area contributed by atoms with E-state index in [1.807, 2.05) is 27.8 Å². The first-order valence-corrected chi connectivity index (χ1v) is 7.78. The van der Waals surface area contributed by atoms with E-state index in [0.29, 0.717) is 18.1 Å². The van der Waals surface area contributed by atoms with Gasteiger partial charge in [-0.1, -0.05) is 0 Å². The second-order valence-electron chi connectivity index (χ2n) is 7.12. The second-order valence-corrected chi connectivity index (χ2v) is 7.12. The number of nitrogens with one attached hydrogen (secondary N) is 2. The minimum Gasteiger partial charge on any atom is -0.444 e. The predicted octanol–water partition coefficient (Wildman–Crippen LogP) is 1.73. The van der Waals surface area contributed by atoms with Gasteiger partial charge in [-0.25, -0.2) is 4.79 Å². The van der Waals surface area contributed by atoms with Gasteiger partial charge in [0.15, 0.2) is 0 Å². The second kappa shape index (κ2) is 6.31. The van der Waals surface area contributed by atoms with Crippen molar-refractivity contribution in [3.8, 4) is 0 Å². The fraction of sp³-hybridized carbons (Fsp3) is 0.933. The summed E-state index contributed by atoms with van der Waals surface area (Å²) in [6.45, 7) is 7.92. The predicted molar refractivity (Wildman–Crippen MR) is 79.8 cm³/mol. The number of carbonyl (C=O) groups excluding carboxylic acids is 1.